The molecule has 0 heterocycles. The summed E-state index contributed by atoms with van der Waals surface area (Å²) < 4.78 is 135. The first-order chi connectivity index (χ1) is 19.9. The monoisotopic (exact) mass is 594 g/mol. The lowest BCUT2D eigenvalue weighted by Gasteiger charge is -2.19. The van der Waals surface area contributed by atoms with Gasteiger partial charge in [0.1, 0.15) is 23.2 Å². The van der Waals surface area contributed by atoms with Crippen molar-refractivity contribution in [1.82, 2.24) is 0 Å². The molecule has 0 N–H and O–H groups in total. The summed E-state index contributed by atoms with van der Waals surface area (Å²) in [7, 11) is 0. The summed E-state index contributed by atoms with van der Waals surface area (Å²) in [5.74, 6) is -5.56. The van der Waals surface area contributed by atoms with E-state index in [9.17, 15) is 39.5 Å². The van der Waals surface area contributed by atoms with E-state index in [1.54, 1.807) is 0 Å². The van der Waals surface area contributed by atoms with Crippen LogP contribution in [0.4, 0.5) is 39.5 Å². The average Bonchev–Trinajstić information content (AvgIpc) is 2.90. The van der Waals surface area contributed by atoms with E-state index in [-0.39, 0.29) is 11.1 Å². The second kappa shape index (κ2) is 12.5. The molecule has 2 nitrogen and oxygen atoms in total. The third-order valence-electron chi connectivity index (χ3n) is 5.80. The van der Waals surface area contributed by atoms with Crippen molar-refractivity contribution in [2.75, 3.05) is 6.61 Å². The molecule has 4 aromatic rings. The van der Waals surface area contributed by atoms with E-state index in [0.717, 1.165) is 36.4 Å². The molecule has 0 fully saturated rings. The summed E-state index contributed by atoms with van der Waals surface area (Å²) in [6.45, 7) is 0.347. The highest BCUT2D eigenvalue weighted by Gasteiger charge is 2.34. The molecule has 11 heteroatoms. The lowest BCUT2D eigenvalue weighted by Crippen LogP contribution is -2.32. The Balaban J connectivity index is 1.42. The van der Waals surface area contributed by atoms with Crippen LogP contribution in [0.25, 0.3) is 11.1 Å². The van der Waals surface area contributed by atoms with Gasteiger partial charge < -0.3 is 9.47 Å². The molecule has 0 saturated carbocycles. The number of halogens is 9. The molecule has 42 heavy (non-hydrogen) atoms. The lowest BCUT2D eigenvalue weighted by atomic mass is 10.0. The Labute approximate surface area is 234 Å². The summed E-state index contributed by atoms with van der Waals surface area (Å²) in [4.78, 5) is 0. The van der Waals surface area contributed by atoms with Crippen molar-refractivity contribution in [2.45, 2.75) is 25.9 Å². The minimum Gasteiger partial charge on any atom is -0.480 e. The molecule has 0 bridgehead atoms. The molecule has 0 unspecified atom stereocenters. The highest BCUT2D eigenvalue weighted by Crippen LogP contribution is 2.31. The third-order valence-corrected chi connectivity index (χ3v) is 5.80. The van der Waals surface area contributed by atoms with Crippen molar-refractivity contribution >= 4 is 0 Å². The van der Waals surface area contributed by atoms with Crippen LogP contribution in [0.1, 0.15) is 30.0 Å². The van der Waals surface area contributed by atoms with Crippen molar-refractivity contribution < 1.29 is 49.0 Å². The van der Waals surface area contributed by atoms with E-state index in [2.05, 4.69) is 16.6 Å². The highest BCUT2D eigenvalue weighted by atomic mass is 19.3. The zero-order valence-corrected chi connectivity index (χ0v) is 21.6. The number of hydrogen-bond donors (Lipinski definition) is 0. The molecule has 0 atom stereocenters. The minimum absolute atomic E-state index is 0.0178. The lowest BCUT2D eigenvalue weighted by molar-refractivity contribution is -0.195. The van der Waals surface area contributed by atoms with Crippen molar-refractivity contribution in [2.24, 2.45) is 0 Å². The Morgan fingerprint density at radius 3 is 1.95 bits per heavy atom. The van der Waals surface area contributed by atoms with Gasteiger partial charge in [-0.1, -0.05) is 25.2 Å². The van der Waals surface area contributed by atoms with Crippen LogP contribution in [0.2, 0.25) is 0 Å². The molecule has 0 aliphatic carbocycles. The van der Waals surface area contributed by atoms with Crippen LogP contribution in [0, 0.1) is 52.6 Å². The fourth-order valence-electron chi connectivity index (χ4n) is 3.88. The molecule has 4 aromatic carbocycles. The van der Waals surface area contributed by atoms with Crippen LogP contribution in [-0.2, 0) is 6.42 Å². The molecule has 0 spiro atoms. The maximum absolute atomic E-state index is 14.5. The Morgan fingerprint density at radius 1 is 0.690 bits per heavy atom. The SMILES string of the molecule is CCCc1cc(F)c(C#Cc2ccc(OCC(F)(F)Oc3ccc(-c4cc(F)c(F)c(F)c4)c(F)c3)c(F)c2)c(F)c1. The van der Waals surface area contributed by atoms with Crippen molar-refractivity contribution in [3.05, 3.63) is 118 Å². The molecule has 218 valence electrons. The molecule has 4 rings (SSSR count). The van der Waals surface area contributed by atoms with E-state index in [1.807, 2.05) is 6.92 Å². The van der Waals surface area contributed by atoms with E-state index in [0.29, 0.717) is 36.6 Å². The van der Waals surface area contributed by atoms with Gasteiger partial charge >= 0.3 is 6.11 Å². The summed E-state index contributed by atoms with van der Waals surface area (Å²) in [5.41, 5.74) is -0.852. The Morgan fingerprint density at radius 2 is 1.36 bits per heavy atom. The number of hydrogen-bond acceptors (Lipinski definition) is 2. The first-order valence-corrected chi connectivity index (χ1v) is 12.3. The first-order valence-electron chi connectivity index (χ1n) is 12.3. The van der Waals surface area contributed by atoms with Crippen LogP contribution >= 0.6 is 0 Å². The number of alkyl halides is 2. The van der Waals surface area contributed by atoms with Crippen LogP contribution < -0.4 is 9.47 Å². The number of aryl methyl sites for hydroxylation is 1. The number of rotatable bonds is 8. The quantitative estimate of drug-likeness (QED) is 0.115. The van der Waals surface area contributed by atoms with Gasteiger partial charge in [-0.25, -0.2) is 30.7 Å². The molecular formula is C31H19F9O2. The van der Waals surface area contributed by atoms with Crippen molar-refractivity contribution in [3.63, 3.8) is 0 Å². The van der Waals surface area contributed by atoms with Gasteiger partial charge in [-0.05, 0) is 72.1 Å². The Bertz CT molecular complexity index is 1640. The van der Waals surface area contributed by atoms with Crippen LogP contribution in [-0.4, -0.2) is 12.7 Å². The van der Waals surface area contributed by atoms with Gasteiger partial charge in [0, 0.05) is 17.2 Å². The Hall–Kier alpha value is -4.59. The molecule has 0 aliphatic rings. The summed E-state index contributed by atoms with van der Waals surface area (Å²) >= 11 is 0. The van der Waals surface area contributed by atoms with Gasteiger partial charge in [-0.3, -0.25) is 0 Å². The second-order valence-electron chi connectivity index (χ2n) is 9.00. The molecule has 0 aliphatic heterocycles. The molecule has 0 amide bonds. The predicted octanol–water partition coefficient (Wildman–Crippen LogP) is 8.73. The maximum atomic E-state index is 14.5. The fraction of sp³-hybridized carbons (Fsp3) is 0.161. The highest BCUT2D eigenvalue weighted by molar-refractivity contribution is 5.65. The normalized spacial score (nSPS) is 11.2. The smallest absolute Gasteiger partial charge is 0.433 e. The van der Waals surface area contributed by atoms with Crippen LogP contribution in [0.5, 0.6) is 11.5 Å². The summed E-state index contributed by atoms with van der Waals surface area (Å²) in [6.07, 6.45) is -2.93. The fourth-order valence-corrected chi connectivity index (χ4v) is 3.88. The minimum atomic E-state index is -4.09. The van der Waals surface area contributed by atoms with Crippen LogP contribution in [0.15, 0.2) is 60.7 Å². The Kier molecular flexibility index (Phi) is 9.05. The van der Waals surface area contributed by atoms with Crippen molar-refractivity contribution in [1.29, 1.82) is 0 Å². The predicted molar refractivity (Wildman–Crippen MR) is 136 cm³/mol. The van der Waals surface area contributed by atoms with Gasteiger partial charge in [0.25, 0.3) is 0 Å². The van der Waals surface area contributed by atoms with E-state index in [4.69, 9.17) is 4.74 Å². The van der Waals surface area contributed by atoms with Gasteiger partial charge in [0.05, 0.1) is 5.56 Å². The second-order valence-corrected chi connectivity index (χ2v) is 9.00. The summed E-state index contributed by atoms with van der Waals surface area (Å²) in [5, 5.41) is 0. The van der Waals surface area contributed by atoms with Gasteiger partial charge in [0.15, 0.2) is 35.6 Å². The average molecular weight is 594 g/mol. The van der Waals surface area contributed by atoms with Gasteiger partial charge in [0.2, 0.25) is 0 Å². The molecular weight excluding hydrogens is 575 g/mol. The zero-order chi connectivity index (χ0) is 30.6. The zero-order valence-electron chi connectivity index (χ0n) is 21.6. The van der Waals surface area contributed by atoms with E-state index in [1.165, 1.54) is 6.07 Å². The number of benzene rings is 4. The maximum Gasteiger partial charge on any atom is 0.433 e. The molecule has 0 saturated heterocycles. The van der Waals surface area contributed by atoms with Crippen LogP contribution in [0.3, 0.4) is 0 Å². The van der Waals surface area contributed by atoms with E-state index < -0.39 is 76.1 Å². The standard InChI is InChI=1S/C31H19F9O2/c1-2-3-18-11-23(32)22(24(33)12-18)7-4-17-5-9-29(26(35)10-17)41-16-31(39,40)42-20-6-8-21(25(34)15-20)19-13-27(36)30(38)28(37)14-19/h5-6,8-15H,2-3,16H2,1H3. The third kappa shape index (κ3) is 7.18. The molecule has 0 aromatic heterocycles. The summed E-state index contributed by atoms with van der Waals surface area (Å²) in [6, 6.07) is 8.64. The molecule has 0 radical (unpaired) electrons. The van der Waals surface area contributed by atoms with E-state index >= 15 is 0 Å². The van der Waals surface area contributed by atoms with Crippen molar-refractivity contribution in [3.8, 4) is 34.5 Å². The largest absolute Gasteiger partial charge is 0.480 e. The van der Waals surface area contributed by atoms with Gasteiger partial charge in [-0.15, -0.1) is 0 Å². The topological polar surface area (TPSA) is 18.5 Å². The van der Waals surface area contributed by atoms with Gasteiger partial charge in [-0.2, -0.15) is 8.78 Å². The first kappa shape index (κ1) is 30.4. The number of ether oxygens (including phenoxy) is 2.